The van der Waals surface area contributed by atoms with Crippen molar-refractivity contribution in [3.8, 4) is 22.3 Å². The van der Waals surface area contributed by atoms with Crippen molar-refractivity contribution in [2.24, 2.45) is 0 Å². The van der Waals surface area contributed by atoms with E-state index in [0.717, 1.165) is 77.3 Å². The third kappa shape index (κ3) is 9.33. The first-order chi connectivity index (χ1) is 29.0. The third-order valence-corrected chi connectivity index (χ3v) is 10.1. The molecule has 5 aromatic carbocycles. The first-order valence-electron chi connectivity index (χ1n) is 18.9. The van der Waals surface area contributed by atoms with Gasteiger partial charge in [0.15, 0.2) is 12.2 Å². The maximum atomic E-state index is 13.8. The standard InChI is InChI=1S/C45H40N4O10S/c1-26(50)55-25-38-42(56-27(2)51)43(57-28(3)52)41(45(59-38)58-29(4)53)46-44(54)32-17-15-30(16-18-32)36-23-24-37(40-39(36)47-60-48-40)31-19-21-35(22-20-31)49(33-11-7-5-8-12-33)34-13-9-6-10-14-34/h5-24,38,41-43,45H,25H2,1-4H3,(H,46,54). The molecule has 1 saturated heterocycles. The monoisotopic (exact) mass is 828 g/mol. The summed E-state index contributed by atoms with van der Waals surface area (Å²) in [6, 6.07) is 38.0. The average Bonchev–Trinajstić information content (AvgIpc) is 3.73. The van der Waals surface area contributed by atoms with Crippen LogP contribution in [0.5, 0.6) is 0 Å². The molecule has 2 heterocycles. The fourth-order valence-electron chi connectivity index (χ4n) is 7.08. The molecule has 1 fully saturated rings. The number of ether oxygens (including phenoxy) is 5. The van der Waals surface area contributed by atoms with Gasteiger partial charge in [0.05, 0.1) is 11.7 Å². The minimum atomic E-state index is -1.52. The Hall–Kier alpha value is -6.97. The van der Waals surface area contributed by atoms with Gasteiger partial charge in [0.2, 0.25) is 6.29 Å². The number of hydrogen-bond acceptors (Lipinski definition) is 14. The van der Waals surface area contributed by atoms with E-state index in [1.54, 1.807) is 24.3 Å². The molecule has 1 N–H and O–H groups in total. The largest absolute Gasteiger partial charge is 0.463 e. The van der Waals surface area contributed by atoms with Crippen molar-refractivity contribution >= 4 is 69.6 Å². The number of carbonyl (C=O) groups excluding carboxylic acids is 5. The van der Waals surface area contributed by atoms with Gasteiger partial charge in [-0.2, -0.15) is 8.75 Å². The van der Waals surface area contributed by atoms with E-state index in [1.165, 1.54) is 6.92 Å². The van der Waals surface area contributed by atoms with Gasteiger partial charge in [-0.3, -0.25) is 24.0 Å². The summed E-state index contributed by atoms with van der Waals surface area (Å²) in [5, 5.41) is 2.73. The number of hydrogen-bond donors (Lipinski definition) is 1. The van der Waals surface area contributed by atoms with E-state index in [0.29, 0.717) is 5.52 Å². The molecule has 1 aliphatic heterocycles. The van der Waals surface area contributed by atoms with E-state index in [4.69, 9.17) is 23.7 Å². The van der Waals surface area contributed by atoms with Crippen LogP contribution in [-0.2, 0) is 42.9 Å². The van der Waals surface area contributed by atoms with Crippen LogP contribution in [-0.4, -0.2) is 75.8 Å². The Kier molecular flexibility index (Phi) is 12.6. The van der Waals surface area contributed by atoms with Gasteiger partial charge in [0.1, 0.15) is 29.8 Å². The molecular weight excluding hydrogens is 789 g/mol. The number of nitrogens with zero attached hydrogens (tertiary/aromatic N) is 3. The van der Waals surface area contributed by atoms with Gasteiger partial charge in [0, 0.05) is 61.4 Å². The molecule has 0 bridgehead atoms. The van der Waals surface area contributed by atoms with E-state index in [2.05, 4.69) is 67.5 Å². The molecule has 6 aromatic rings. The highest BCUT2D eigenvalue weighted by Gasteiger charge is 2.52. The maximum absolute atomic E-state index is 13.8. The molecular formula is C45H40N4O10S. The number of carbonyl (C=O) groups is 5. The second-order valence-corrected chi connectivity index (χ2v) is 14.4. The summed E-state index contributed by atoms with van der Waals surface area (Å²) >= 11 is 1.11. The van der Waals surface area contributed by atoms with E-state index in [-0.39, 0.29) is 5.56 Å². The molecule has 1 aliphatic rings. The Morgan fingerprint density at radius 1 is 0.600 bits per heavy atom. The fourth-order valence-corrected chi connectivity index (χ4v) is 7.65. The summed E-state index contributed by atoms with van der Waals surface area (Å²) in [4.78, 5) is 64.2. The predicted molar refractivity (Wildman–Crippen MR) is 222 cm³/mol. The van der Waals surface area contributed by atoms with Gasteiger partial charge in [-0.05, 0) is 59.7 Å². The van der Waals surface area contributed by atoms with Crippen LogP contribution >= 0.6 is 11.7 Å². The number of para-hydroxylation sites is 2. The number of aromatic nitrogens is 2. The zero-order chi connectivity index (χ0) is 42.3. The molecule has 0 aliphatic carbocycles. The minimum Gasteiger partial charge on any atom is -0.463 e. The number of amides is 1. The molecule has 5 unspecified atom stereocenters. The van der Waals surface area contributed by atoms with E-state index in [9.17, 15) is 24.0 Å². The topological polar surface area (TPSA) is 173 Å². The van der Waals surface area contributed by atoms with Crippen LogP contribution in [0.25, 0.3) is 33.3 Å². The predicted octanol–water partition coefficient (Wildman–Crippen LogP) is 7.31. The Morgan fingerprint density at radius 3 is 1.58 bits per heavy atom. The third-order valence-electron chi connectivity index (χ3n) is 9.62. The average molecular weight is 829 g/mol. The lowest BCUT2D eigenvalue weighted by atomic mass is 9.95. The Labute approximate surface area is 349 Å². The summed E-state index contributed by atoms with van der Waals surface area (Å²) < 4.78 is 36.7. The highest BCUT2D eigenvalue weighted by atomic mass is 32.1. The summed E-state index contributed by atoms with van der Waals surface area (Å²) in [5.41, 5.74) is 8.16. The van der Waals surface area contributed by atoms with Crippen molar-refractivity contribution in [3.63, 3.8) is 0 Å². The summed E-state index contributed by atoms with van der Waals surface area (Å²) in [6.07, 6.45) is -5.49. The van der Waals surface area contributed by atoms with Gasteiger partial charge in [-0.1, -0.05) is 72.8 Å². The van der Waals surface area contributed by atoms with Gasteiger partial charge in [-0.15, -0.1) is 0 Å². The van der Waals surface area contributed by atoms with Gasteiger partial charge in [0.25, 0.3) is 5.91 Å². The van der Waals surface area contributed by atoms with Crippen molar-refractivity contribution in [1.29, 1.82) is 0 Å². The lowest BCUT2D eigenvalue weighted by Gasteiger charge is -2.44. The molecule has 0 spiro atoms. The number of anilines is 3. The van der Waals surface area contributed by atoms with Crippen molar-refractivity contribution < 1.29 is 47.7 Å². The second-order valence-electron chi connectivity index (χ2n) is 13.9. The normalized spacial score (nSPS) is 18.5. The summed E-state index contributed by atoms with van der Waals surface area (Å²) in [6.45, 7) is 4.13. The zero-order valence-corrected chi connectivity index (χ0v) is 33.8. The molecule has 60 heavy (non-hydrogen) atoms. The number of benzene rings is 5. The van der Waals surface area contributed by atoms with Crippen molar-refractivity contribution in [1.82, 2.24) is 14.1 Å². The summed E-state index contributed by atoms with van der Waals surface area (Å²) in [5.74, 6) is -3.60. The van der Waals surface area contributed by atoms with Gasteiger partial charge < -0.3 is 33.9 Å². The first-order valence-corrected chi connectivity index (χ1v) is 19.7. The number of rotatable bonds is 12. The molecule has 14 nitrogen and oxygen atoms in total. The van der Waals surface area contributed by atoms with Crippen LogP contribution in [0.15, 0.2) is 121 Å². The van der Waals surface area contributed by atoms with E-state index in [1.807, 2.05) is 48.5 Å². The van der Waals surface area contributed by atoms with Crippen molar-refractivity contribution in [2.75, 3.05) is 11.5 Å². The summed E-state index contributed by atoms with van der Waals surface area (Å²) in [7, 11) is 0. The highest BCUT2D eigenvalue weighted by molar-refractivity contribution is 7.00. The number of esters is 4. The van der Waals surface area contributed by atoms with Crippen molar-refractivity contribution in [2.45, 2.75) is 58.3 Å². The Morgan fingerprint density at radius 2 is 1.08 bits per heavy atom. The molecule has 7 rings (SSSR count). The Bertz CT molecular complexity index is 2460. The van der Waals surface area contributed by atoms with Gasteiger partial charge in [-0.25, -0.2) is 0 Å². The van der Waals surface area contributed by atoms with E-state index < -0.39 is 67.0 Å². The van der Waals surface area contributed by atoms with Crippen LogP contribution in [0.1, 0.15) is 38.1 Å². The van der Waals surface area contributed by atoms with Crippen LogP contribution in [0.4, 0.5) is 17.1 Å². The molecule has 5 atom stereocenters. The molecule has 1 amide bonds. The minimum absolute atomic E-state index is 0.206. The molecule has 0 radical (unpaired) electrons. The number of nitrogens with one attached hydrogen (secondary N) is 1. The first kappa shape index (κ1) is 41.2. The van der Waals surface area contributed by atoms with Crippen molar-refractivity contribution in [3.05, 3.63) is 127 Å². The highest BCUT2D eigenvalue weighted by Crippen LogP contribution is 2.38. The lowest BCUT2D eigenvalue weighted by molar-refractivity contribution is -0.270. The smallest absolute Gasteiger partial charge is 0.305 e. The second kappa shape index (κ2) is 18.3. The SMILES string of the molecule is CC(=O)OCC1OC(OC(C)=O)C(NC(=O)c2ccc(-c3ccc(-c4ccc(N(c5ccccc5)c5ccccc5)cc4)c4nsnc34)cc2)C(OC(C)=O)C1OC(C)=O. The molecule has 1 aromatic heterocycles. The van der Waals surface area contributed by atoms with Crippen LogP contribution < -0.4 is 10.2 Å². The van der Waals surface area contributed by atoms with Crippen LogP contribution in [0.2, 0.25) is 0 Å². The van der Waals surface area contributed by atoms with Gasteiger partial charge >= 0.3 is 23.9 Å². The molecule has 0 saturated carbocycles. The lowest BCUT2D eigenvalue weighted by Crippen LogP contribution is -2.67. The van der Waals surface area contributed by atoms with Crippen LogP contribution in [0, 0.1) is 0 Å². The molecule has 15 heteroatoms. The van der Waals surface area contributed by atoms with Crippen LogP contribution in [0.3, 0.4) is 0 Å². The fraction of sp³-hybridized carbons (Fsp3) is 0.222. The van der Waals surface area contributed by atoms with E-state index >= 15 is 0 Å². The zero-order valence-electron chi connectivity index (χ0n) is 33.0. The molecule has 306 valence electrons. The number of fused-ring (bicyclic) bond motifs is 1. The quantitative estimate of drug-likeness (QED) is 0.0963. The Balaban J connectivity index is 1.13. The maximum Gasteiger partial charge on any atom is 0.305 e.